The number of nitro groups is 1. The lowest BCUT2D eigenvalue weighted by atomic mass is 10.2. The number of carbonyl (C=O) groups excluding carboxylic acids is 1. The molecule has 0 aliphatic rings. The van der Waals surface area contributed by atoms with Gasteiger partial charge in [0.05, 0.1) is 19.9 Å². The largest absolute Gasteiger partial charge is 0.493 e. The van der Waals surface area contributed by atoms with Gasteiger partial charge in [-0.15, -0.1) is 5.10 Å². The van der Waals surface area contributed by atoms with E-state index in [1.165, 1.54) is 13.3 Å². The molecular weight excluding hydrogens is 402 g/mol. The topological polar surface area (TPSA) is 151 Å². The van der Waals surface area contributed by atoms with E-state index >= 15 is 0 Å². The highest BCUT2D eigenvalue weighted by molar-refractivity contribution is 9.10. The molecule has 0 aromatic heterocycles. The Morgan fingerprint density at radius 3 is 2.80 bits per heavy atom. The minimum absolute atomic E-state index is 0.257. The van der Waals surface area contributed by atoms with Crippen LogP contribution in [0.5, 0.6) is 11.5 Å². The van der Waals surface area contributed by atoms with Gasteiger partial charge in [-0.05, 0) is 35.0 Å². The normalized spacial score (nSPS) is 11.2. The van der Waals surface area contributed by atoms with Crippen molar-refractivity contribution in [1.82, 2.24) is 5.43 Å². The highest BCUT2D eigenvalue weighted by Crippen LogP contribution is 2.33. The number of hydrazine groups is 1. The van der Waals surface area contributed by atoms with Crippen LogP contribution in [0, 0.1) is 10.1 Å². The molecule has 0 heterocycles. The van der Waals surface area contributed by atoms with Crippen LogP contribution in [0.25, 0.3) is 0 Å². The van der Waals surface area contributed by atoms with Crippen molar-refractivity contribution in [2.24, 2.45) is 15.9 Å². The van der Waals surface area contributed by atoms with Crippen LogP contribution in [-0.4, -0.2) is 43.5 Å². The number of esters is 1. The van der Waals surface area contributed by atoms with Gasteiger partial charge in [-0.3, -0.25) is 0 Å². The van der Waals surface area contributed by atoms with Crippen molar-refractivity contribution in [3.05, 3.63) is 32.3 Å². The minimum atomic E-state index is -0.858. The molecule has 0 fully saturated rings. The summed E-state index contributed by atoms with van der Waals surface area (Å²) in [5, 5.41) is 16.4. The monoisotopic (exact) mass is 417 g/mol. The van der Waals surface area contributed by atoms with Crippen LogP contribution >= 0.6 is 15.9 Å². The van der Waals surface area contributed by atoms with E-state index in [0.717, 1.165) is 0 Å². The Hall–Kier alpha value is -2.89. The number of guanidine groups is 1. The number of nitrogens with one attached hydrogen (secondary N) is 1. The van der Waals surface area contributed by atoms with E-state index in [2.05, 4.69) is 26.1 Å². The van der Waals surface area contributed by atoms with Crippen LogP contribution in [0.1, 0.15) is 12.5 Å². The Morgan fingerprint density at radius 2 is 2.20 bits per heavy atom. The molecule has 0 radical (unpaired) electrons. The molecule has 0 atom stereocenters. The number of hydrogen-bond acceptors (Lipinski definition) is 8. The summed E-state index contributed by atoms with van der Waals surface area (Å²) in [4.78, 5) is 21.5. The third-order valence-electron chi connectivity index (χ3n) is 2.50. The minimum Gasteiger partial charge on any atom is -0.493 e. The van der Waals surface area contributed by atoms with Gasteiger partial charge in [-0.1, -0.05) is 5.43 Å². The highest BCUT2D eigenvalue weighted by atomic mass is 79.9. The predicted molar refractivity (Wildman–Crippen MR) is 92.2 cm³/mol. The summed E-state index contributed by atoms with van der Waals surface area (Å²) in [5.74, 6) is -0.319. The fourth-order valence-corrected chi connectivity index (χ4v) is 1.96. The molecule has 12 heteroatoms. The maximum absolute atomic E-state index is 11.3. The first-order valence-corrected chi connectivity index (χ1v) is 7.60. The van der Waals surface area contributed by atoms with Crippen molar-refractivity contribution in [2.75, 3.05) is 20.3 Å². The summed E-state index contributed by atoms with van der Waals surface area (Å²) in [7, 11) is 1.43. The van der Waals surface area contributed by atoms with E-state index in [9.17, 15) is 14.9 Å². The van der Waals surface area contributed by atoms with E-state index in [4.69, 9.17) is 19.9 Å². The summed E-state index contributed by atoms with van der Waals surface area (Å²) >= 11 is 3.31. The lowest BCUT2D eigenvalue weighted by Gasteiger charge is -2.12. The molecular formula is C13H16BrN5O6. The smallest absolute Gasteiger partial charge is 0.344 e. The number of carbonyl (C=O) groups is 1. The molecule has 1 aromatic rings. The third-order valence-corrected chi connectivity index (χ3v) is 3.19. The first-order chi connectivity index (χ1) is 11.9. The zero-order valence-corrected chi connectivity index (χ0v) is 15.0. The second-order valence-electron chi connectivity index (χ2n) is 4.22. The van der Waals surface area contributed by atoms with Crippen molar-refractivity contribution in [3.63, 3.8) is 0 Å². The maximum atomic E-state index is 11.3. The molecule has 3 N–H and O–H groups in total. The van der Waals surface area contributed by atoms with E-state index in [-0.39, 0.29) is 13.2 Å². The van der Waals surface area contributed by atoms with Gasteiger partial charge in [0.15, 0.2) is 23.1 Å². The summed E-state index contributed by atoms with van der Waals surface area (Å²) in [5.41, 5.74) is 7.42. The predicted octanol–water partition coefficient (Wildman–Crippen LogP) is 0.830. The van der Waals surface area contributed by atoms with Crippen molar-refractivity contribution >= 4 is 34.1 Å². The Kier molecular flexibility index (Phi) is 8.12. The molecule has 11 nitrogen and oxygen atoms in total. The second kappa shape index (κ2) is 10.1. The lowest BCUT2D eigenvalue weighted by Crippen LogP contribution is -2.35. The molecule has 0 saturated carbocycles. The summed E-state index contributed by atoms with van der Waals surface area (Å²) < 4.78 is 15.9. The molecule has 0 spiro atoms. The quantitative estimate of drug-likeness (QED) is 0.207. The number of nitrogens with zero attached hydrogens (tertiary/aromatic N) is 3. The number of halogens is 1. The Balaban J connectivity index is 2.90. The fraction of sp³-hybridized carbons (Fsp3) is 0.308. The first-order valence-electron chi connectivity index (χ1n) is 6.80. The number of ether oxygens (including phenoxy) is 3. The van der Waals surface area contributed by atoms with Crippen molar-refractivity contribution in [3.8, 4) is 11.5 Å². The average Bonchev–Trinajstić information content (AvgIpc) is 2.54. The molecule has 0 bridgehead atoms. The number of hydrogen-bond donors (Lipinski definition) is 2. The number of nitrogens with two attached hydrogens (primary N) is 1. The Labute approximate surface area is 151 Å². The zero-order valence-electron chi connectivity index (χ0n) is 13.4. The molecule has 136 valence electrons. The van der Waals surface area contributed by atoms with Gasteiger partial charge in [0.25, 0.3) is 5.96 Å². The SMILES string of the molecule is CCOC(=O)COc1cc(Br)c(/C=N\N=C(N)N[N+](=O)[O-])cc1OC. The van der Waals surface area contributed by atoms with Gasteiger partial charge in [-0.2, -0.15) is 5.10 Å². The van der Waals surface area contributed by atoms with Gasteiger partial charge < -0.3 is 19.9 Å². The maximum Gasteiger partial charge on any atom is 0.344 e. The second-order valence-corrected chi connectivity index (χ2v) is 5.07. The van der Waals surface area contributed by atoms with Gasteiger partial charge in [0, 0.05) is 10.0 Å². The molecule has 0 saturated heterocycles. The number of methoxy groups -OCH3 is 1. The Bertz CT molecular complexity index is 694. The van der Waals surface area contributed by atoms with Crippen LogP contribution in [0.4, 0.5) is 0 Å². The van der Waals surface area contributed by atoms with Gasteiger partial charge >= 0.3 is 5.97 Å². The summed E-state index contributed by atoms with van der Waals surface area (Å²) in [6.07, 6.45) is 1.30. The van der Waals surface area contributed by atoms with Crippen LogP contribution in [-0.2, 0) is 9.53 Å². The van der Waals surface area contributed by atoms with E-state index in [1.807, 2.05) is 0 Å². The standard InChI is InChI=1S/C13H16BrN5O6/c1-3-24-12(20)7-25-11-5-9(14)8(4-10(11)23-2)6-16-17-13(15)18-19(21)22/h4-6H,3,7H2,1-2H3,(H3,15,17,18)/b16-6-. The van der Waals surface area contributed by atoms with E-state index in [0.29, 0.717) is 21.5 Å². The molecule has 0 unspecified atom stereocenters. The molecule has 25 heavy (non-hydrogen) atoms. The molecule has 1 aromatic carbocycles. The number of benzene rings is 1. The Morgan fingerprint density at radius 1 is 1.48 bits per heavy atom. The summed E-state index contributed by atoms with van der Waals surface area (Å²) in [6.45, 7) is 1.68. The van der Waals surface area contributed by atoms with Gasteiger partial charge in [-0.25, -0.2) is 14.9 Å². The van der Waals surface area contributed by atoms with Crippen LogP contribution in [0.2, 0.25) is 0 Å². The van der Waals surface area contributed by atoms with Crippen LogP contribution in [0.3, 0.4) is 0 Å². The van der Waals surface area contributed by atoms with Crippen molar-refractivity contribution < 1.29 is 24.0 Å². The van der Waals surface area contributed by atoms with Crippen LogP contribution in [0.15, 0.2) is 26.8 Å². The number of rotatable bonds is 8. The lowest BCUT2D eigenvalue weighted by molar-refractivity contribution is -0.525. The molecule has 0 aliphatic carbocycles. The highest BCUT2D eigenvalue weighted by Gasteiger charge is 2.12. The van der Waals surface area contributed by atoms with Crippen molar-refractivity contribution in [2.45, 2.75) is 6.92 Å². The van der Waals surface area contributed by atoms with Gasteiger partial charge in [0.2, 0.25) is 0 Å². The van der Waals surface area contributed by atoms with Gasteiger partial charge in [0.1, 0.15) is 0 Å². The molecule has 0 amide bonds. The third kappa shape index (κ3) is 7.03. The molecule has 0 aliphatic heterocycles. The fourth-order valence-electron chi connectivity index (χ4n) is 1.53. The zero-order chi connectivity index (χ0) is 18.8. The van der Waals surface area contributed by atoms with Crippen LogP contribution < -0.4 is 20.6 Å². The molecule has 1 rings (SSSR count). The first kappa shape index (κ1) is 20.2. The van der Waals surface area contributed by atoms with E-state index < -0.39 is 17.0 Å². The summed E-state index contributed by atoms with van der Waals surface area (Å²) in [6, 6.07) is 3.14. The van der Waals surface area contributed by atoms with Crippen molar-refractivity contribution in [1.29, 1.82) is 0 Å². The average molecular weight is 418 g/mol. The van der Waals surface area contributed by atoms with E-state index in [1.54, 1.807) is 24.5 Å².